The molecule has 0 aromatic rings. The number of rotatable bonds is 6. The van der Waals surface area contributed by atoms with Crippen molar-refractivity contribution in [1.82, 2.24) is 0 Å². The molecule has 4 aliphatic rings. The SMILES string of the molecule is COC(=O)CCC(C)[C@H]1CC[C@H]2[C@@H]3C(=O)C[C@@H]4C[C@H](O[Si](C)(C)C)CC[C@]4(C)[C@H]3CC[C@]12C. The molecule has 0 aromatic heterocycles. The first-order valence-electron chi connectivity index (χ1n) is 13.7. The molecule has 188 valence electrons. The molecule has 9 atom stereocenters. The van der Waals surface area contributed by atoms with E-state index in [9.17, 15) is 9.59 Å². The first-order chi connectivity index (χ1) is 15.4. The lowest BCUT2D eigenvalue weighted by Crippen LogP contribution is -2.57. The van der Waals surface area contributed by atoms with Crippen LogP contribution in [-0.4, -0.2) is 33.3 Å². The highest BCUT2D eigenvalue weighted by molar-refractivity contribution is 6.69. The van der Waals surface area contributed by atoms with E-state index >= 15 is 0 Å². The molecule has 4 rings (SSSR count). The normalized spacial score (nSPS) is 43.9. The summed E-state index contributed by atoms with van der Waals surface area (Å²) in [5, 5.41) is 0. The largest absolute Gasteiger partial charge is 0.469 e. The van der Waals surface area contributed by atoms with Crippen LogP contribution in [0.4, 0.5) is 0 Å². The molecule has 4 nitrogen and oxygen atoms in total. The third-order valence-corrected chi connectivity index (χ3v) is 11.8. The monoisotopic (exact) mass is 476 g/mol. The van der Waals surface area contributed by atoms with Gasteiger partial charge in [-0.2, -0.15) is 0 Å². The number of esters is 1. The lowest BCUT2D eigenvalue weighted by molar-refractivity contribution is -0.160. The maximum absolute atomic E-state index is 13.7. The Bertz CT molecular complexity index is 759. The van der Waals surface area contributed by atoms with E-state index in [0.717, 1.165) is 19.3 Å². The summed E-state index contributed by atoms with van der Waals surface area (Å²) >= 11 is 0. The fraction of sp³-hybridized carbons (Fsp3) is 0.929. The molecule has 33 heavy (non-hydrogen) atoms. The van der Waals surface area contributed by atoms with Crippen molar-refractivity contribution in [3.05, 3.63) is 0 Å². The summed E-state index contributed by atoms with van der Waals surface area (Å²) in [4.78, 5) is 25.5. The average molecular weight is 477 g/mol. The Kier molecular flexibility index (Phi) is 6.99. The van der Waals surface area contributed by atoms with Crippen LogP contribution in [-0.2, 0) is 18.8 Å². The Balaban J connectivity index is 1.49. The van der Waals surface area contributed by atoms with Crippen molar-refractivity contribution in [2.24, 2.45) is 46.3 Å². The summed E-state index contributed by atoms with van der Waals surface area (Å²) in [5.41, 5.74) is 0.543. The van der Waals surface area contributed by atoms with Gasteiger partial charge in [0.05, 0.1) is 7.11 Å². The Hall–Kier alpha value is -0.683. The standard InChI is InChI=1S/C28H48O4Si/c1-18(8-11-25(30)31-4)21-9-10-22-26-23(13-15-28(21,22)3)27(2)14-12-20(32-33(5,6)7)16-19(27)17-24(26)29/h18-23,26H,8-17H2,1-7H3/t18?,19-,20+,21+,22-,23-,26-,27-,28+/m0/s1. The van der Waals surface area contributed by atoms with E-state index < -0.39 is 8.32 Å². The molecular weight excluding hydrogens is 428 g/mol. The lowest BCUT2D eigenvalue weighted by Gasteiger charge is -2.60. The van der Waals surface area contributed by atoms with Crippen molar-refractivity contribution in [1.29, 1.82) is 0 Å². The summed E-state index contributed by atoms with van der Waals surface area (Å²) < 4.78 is 11.4. The molecule has 5 heteroatoms. The van der Waals surface area contributed by atoms with E-state index in [2.05, 4.69) is 40.4 Å². The minimum atomic E-state index is -1.55. The molecule has 0 heterocycles. The topological polar surface area (TPSA) is 52.6 Å². The van der Waals surface area contributed by atoms with Crippen molar-refractivity contribution in [2.75, 3.05) is 7.11 Å². The highest BCUT2D eigenvalue weighted by atomic mass is 28.4. The molecule has 0 N–H and O–H groups in total. The van der Waals surface area contributed by atoms with Gasteiger partial charge < -0.3 is 9.16 Å². The number of methoxy groups -OCH3 is 1. The Morgan fingerprint density at radius 2 is 1.73 bits per heavy atom. The van der Waals surface area contributed by atoms with E-state index in [1.807, 2.05) is 0 Å². The first kappa shape index (κ1) is 25.4. The van der Waals surface area contributed by atoms with Gasteiger partial charge >= 0.3 is 5.97 Å². The predicted octanol–water partition coefficient (Wildman–Crippen LogP) is 6.63. The molecular formula is C28H48O4Si. The second-order valence-electron chi connectivity index (χ2n) is 13.6. The number of fused-ring (bicyclic) bond motifs is 5. The Labute approximate surface area is 203 Å². The zero-order chi connectivity index (χ0) is 24.2. The second kappa shape index (κ2) is 9.08. The third-order valence-electron chi connectivity index (χ3n) is 10.7. The zero-order valence-electron chi connectivity index (χ0n) is 22.2. The maximum Gasteiger partial charge on any atom is 0.305 e. The molecule has 0 spiro atoms. The number of ether oxygens (including phenoxy) is 1. The lowest BCUT2D eigenvalue weighted by atomic mass is 9.44. The van der Waals surface area contributed by atoms with Crippen LogP contribution in [0.1, 0.15) is 85.0 Å². The summed E-state index contributed by atoms with van der Waals surface area (Å²) in [6, 6.07) is 0. The highest BCUT2D eigenvalue weighted by Gasteiger charge is 2.63. The fourth-order valence-corrected chi connectivity index (χ4v) is 10.3. The minimum Gasteiger partial charge on any atom is -0.469 e. The minimum absolute atomic E-state index is 0.0969. The Morgan fingerprint density at radius 3 is 2.39 bits per heavy atom. The van der Waals surface area contributed by atoms with Gasteiger partial charge in [0.25, 0.3) is 0 Å². The smallest absolute Gasteiger partial charge is 0.305 e. The van der Waals surface area contributed by atoms with Crippen LogP contribution in [0, 0.1) is 46.3 Å². The number of Topliss-reactive ketones (excluding diaryl/α,β-unsaturated/α-hetero) is 1. The highest BCUT2D eigenvalue weighted by Crippen LogP contribution is 2.67. The predicted molar refractivity (Wildman–Crippen MR) is 134 cm³/mol. The van der Waals surface area contributed by atoms with E-state index in [1.165, 1.54) is 45.6 Å². The van der Waals surface area contributed by atoms with Gasteiger partial charge in [-0.25, -0.2) is 0 Å². The van der Waals surface area contributed by atoms with Crippen LogP contribution >= 0.6 is 0 Å². The second-order valence-corrected chi connectivity index (χ2v) is 18.0. The molecule has 0 saturated heterocycles. The molecule has 0 aliphatic heterocycles. The average Bonchev–Trinajstić information content (AvgIpc) is 3.09. The molecule has 4 aliphatic carbocycles. The van der Waals surface area contributed by atoms with E-state index in [0.29, 0.717) is 53.3 Å². The van der Waals surface area contributed by atoms with E-state index in [1.54, 1.807) is 0 Å². The van der Waals surface area contributed by atoms with Crippen LogP contribution < -0.4 is 0 Å². The van der Waals surface area contributed by atoms with Crippen LogP contribution in [0.3, 0.4) is 0 Å². The van der Waals surface area contributed by atoms with Crippen LogP contribution in [0.25, 0.3) is 0 Å². The van der Waals surface area contributed by atoms with Gasteiger partial charge in [-0.1, -0.05) is 20.8 Å². The van der Waals surface area contributed by atoms with Gasteiger partial charge in [0.2, 0.25) is 0 Å². The molecule has 0 amide bonds. The maximum atomic E-state index is 13.7. The molecule has 0 radical (unpaired) electrons. The summed E-state index contributed by atoms with van der Waals surface area (Å²) in [6.07, 6.45) is 10.9. The molecule has 1 unspecified atom stereocenters. The fourth-order valence-electron chi connectivity index (χ4n) is 9.12. The summed E-state index contributed by atoms with van der Waals surface area (Å²) in [5.74, 6) is 3.44. The van der Waals surface area contributed by atoms with E-state index in [-0.39, 0.29) is 17.3 Å². The molecule has 4 saturated carbocycles. The van der Waals surface area contributed by atoms with Crippen molar-refractivity contribution >= 4 is 20.1 Å². The summed E-state index contributed by atoms with van der Waals surface area (Å²) in [7, 11) is -0.0731. The van der Waals surface area contributed by atoms with Gasteiger partial charge in [-0.15, -0.1) is 0 Å². The van der Waals surface area contributed by atoms with Crippen molar-refractivity contribution in [3.63, 3.8) is 0 Å². The van der Waals surface area contributed by atoms with Crippen molar-refractivity contribution < 1.29 is 18.8 Å². The number of carbonyl (C=O) groups is 2. The number of hydrogen-bond acceptors (Lipinski definition) is 4. The number of ketones is 1. The first-order valence-corrected chi connectivity index (χ1v) is 17.1. The molecule has 4 fully saturated rings. The van der Waals surface area contributed by atoms with Gasteiger partial charge in [-0.05, 0) is 111 Å². The van der Waals surface area contributed by atoms with Gasteiger partial charge in [0.1, 0.15) is 5.78 Å². The van der Waals surface area contributed by atoms with Crippen molar-refractivity contribution in [2.45, 2.75) is 111 Å². The molecule has 0 aromatic carbocycles. The van der Waals surface area contributed by atoms with Crippen LogP contribution in [0.15, 0.2) is 0 Å². The van der Waals surface area contributed by atoms with Crippen LogP contribution in [0.2, 0.25) is 19.6 Å². The third kappa shape index (κ3) is 4.62. The van der Waals surface area contributed by atoms with Gasteiger partial charge in [-0.3, -0.25) is 9.59 Å². The number of carbonyl (C=O) groups excluding carboxylic acids is 2. The summed E-state index contributed by atoms with van der Waals surface area (Å²) in [6.45, 7) is 14.2. The van der Waals surface area contributed by atoms with Crippen molar-refractivity contribution in [3.8, 4) is 0 Å². The van der Waals surface area contributed by atoms with Crippen LogP contribution in [0.5, 0.6) is 0 Å². The Morgan fingerprint density at radius 1 is 1.06 bits per heavy atom. The zero-order valence-corrected chi connectivity index (χ0v) is 23.2. The van der Waals surface area contributed by atoms with Gasteiger partial charge in [0.15, 0.2) is 8.32 Å². The van der Waals surface area contributed by atoms with E-state index in [4.69, 9.17) is 9.16 Å². The molecule has 0 bridgehead atoms. The van der Waals surface area contributed by atoms with Gasteiger partial charge in [0, 0.05) is 24.9 Å². The number of hydrogen-bond donors (Lipinski definition) is 0. The quantitative estimate of drug-likeness (QED) is 0.319.